The lowest BCUT2D eigenvalue weighted by atomic mass is 10.3. The van der Waals surface area contributed by atoms with Crippen LogP contribution in [0.1, 0.15) is 13.8 Å². The van der Waals surface area contributed by atoms with Crippen molar-refractivity contribution in [1.29, 1.82) is 0 Å². The largest absolute Gasteiger partial charge is 0.353 e. The van der Waals surface area contributed by atoms with E-state index in [0.717, 1.165) is 27.9 Å². The summed E-state index contributed by atoms with van der Waals surface area (Å²) in [6.07, 6.45) is 1.86. The number of anilines is 1. The number of hydrogen-bond donors (Lipinski definition) is 0. The standard InChI is InChI=1S/C11H14Br2N2S/c1-7-5-15(6-8(2)16-7)11-10(13)3-9(12)4-14-11/h3-4,7-8H,5-6H2,1-2H3. The summed E-state index contributed by atoms with van der Waals surface area (Å²) in [5.41, 5.74) is 0. The summed E-state index contributed by atoms with van der Waals surface area (Å²) in [5, 5.41) is 1.34. The zero-order valence-corrected chi connectivity index (χ0v) is 13.3. The monoisotopic (exact) mass is 364 g/mol. The minimum absolute atomic E-state index is 0.668. The van der Waals surface area contributed by atoms with E-state index in [-0.39, 0.29) is 0 Å². The average molecular weight is 366 g/mol. The molecule has 1 aliphatic rings. The van der Waals surface area contributed by atoms with Crippen molar-refractivity contribution in [3.63, 3.8) is 0 Å². The SMILES string of the molecule is CC1CN(c2ncc(Br)cc2Br)CC(C)S1. The number of thioether (sulfide) groups is 1. The third kappa shape index (κ3) is 2.93. The molecule has 0 aliphatic carbocycles. The van der Waals surface area contributed by atoms with Gasteiger partial charge in [-0.2, -0.15) is 11.8 Å². The van der Waals surface area contributed by atoms with Crippen molar-refractivity contribution in [3.05, 3.63) is 21.2 Å². The Balaban J connectivity index is 2.23. The van der Waals surface area contributed by atoms with Gasteiger partial charge in [-0.15, -0.1) is 0 Å². The van der Waals surface area contributed by atoms with Gasteiger partial charge in [-0.05, 0) is 37.9 Å². The molecular formula is C11H14Br2N2S. The molecule has 2 unspecified atom stereocenters. The Labute approximate surface area is 117 Å². The first-order valence-corrected chi connectivity index (χ1v) is 7.80. The van der Waals surface area contributed by atoms with Crippen molar-refractivity contribution in [2.75, 3.05) is 18.0 Å². The van der Waals surface area contributed by atoms with Gasteiger partial charge in [0.25, 0.3) is 0 Å². The Morgan fingerprint density at radius 2 is 1.94 bits per heavy atom. The molecule has 2 nitrogen and oxygen atoms in total. The van der Waals surface area contributed by atoms with Crippen LogP contribution in [0, 0.1) is 0 Å². The fraction of sp³-hybridized carbons (Fsp3) is 0.545. The van der Waals surface area contributed by atoms with Crippen LogP contribution in [0.25, 0.3) is 0 Å². The highest BCUT2D eigenvalue weighted by Gasteiger charge is 2.24. The first-order valence-electron chi connectivity index (χ1n) is 5.27. The molecule has 0 saturated carbocycles. The zero-order valence-electron chi connectivity index (χ0n) is 9.28. The van der Waals surface area contributed by atoms with Gasteiger partial charge in [0.2, 0.25) is 0 Å². The molecule has 5 heteroatoms. The van der Waals surface area contributed by atoms with Crippen molar-refractivity contribution >= 4 is 49.4 Å². The average Bonchev–Trinajstić information content (AvgIpc) is 2.15. The van der Waals surface area contributed by atoms with Gasteiger partial charge >= 0.3 is 0 Å². The minimum atomic E-state index is 0.668. The van der Waals surface area contributed by atoms with Crippen LogP contribution in [0.4, 0.5) is 5.82 Å². The summed E-state index contributed by atoms with van der Waals surface area (Å²) >= 11 is 9.07. The number of halogens is 2. The quantitative estimate of drug-likeness (QED) is 0.749. The van der Waals surface area contributed by atoms with Crippen molar-refractivity contribution in [2.45, 2.75) is 24.3 Å². The van der Waals surface area contributed by atoms with Crippen LogP contribution in [0.2, 0.25) is 0 Å². The molecule has 0 aromatic carbocycles. The molecule has 0 amide bonds. The molecular weight excluding hydrogens is 352 g/mol. The lowest BCUT2D eigenvalue weighted by molar-refractivity contribution is 0.717. The number of aromatic nitrogens is 1. The van der Waals surface area contributed by atoms with Gasteiger partial charge in [0, 0.05) is 34.3 Å². The van der Waals surface area contributed by atoms with Crippen LogP contribution in [-0.4, -0.2) is 28.6 Å². The smallest absolute Gasteiger partial charge is 0.143 e. The van der Waals surface area contributed by atoms with E-state index >= 15 is 0 Å². The van der Waals surface area contributed by atoms with Crippen molar-refractivity contribution in [2.24, 2.45) is 0 Å². The van der Waals surface area contributed by atoms with E-state index in [9.17, 15) is 0 Å². The summed E-state index contributed by atoms with van der Waals surface area (Å²) < 4.78 is 2.07. The van der Waals surface area contributed by atoms with Crippen LogP contribution in [0.15, 0.2) is 21.2 Å². The summed E-state index contributed by atoms with van der Waals surface area (Å²) in [5.74, 6) is 1.06. The van der Waals surface area contributed by atoms with E-state index < -0.39 is 0 Å². The third-order valence-corrected chi connectivity index (χ3v) is 4.75. The summed E-state index contributed by atoms with van der Waals surface area (Å²) in [6.45, 7) is 6.70. The number of rotatable bonds is 1. The van der Waals surface area contributed by atoms with Gasteiger partial charge in [-0.25, -0.2) is 4.98 Å². The van der Waals surface area contributed by atoms with E-state index in [0.29, 0.717) is 10.5 Å². The molecule has 0 bridgehead atoms. The highest BCUT2D eigenvalue weighted by molar-refractivity contribution is 9.11. The molecule has 1 aliphatic heterocycles. The predicted octanol–water partition coefficient (Wildman–Crippen LogP) is 3.94. The molecule has 2 heterocycles. The molecule has 2 atom stereocenters. The lowest BCUT2D eigenvalue weighted by Crippen LogP contribution is -2.41. The Kier molecular flexibility index (Phi) is 4.19. The molecule has 0 radical (unpaired) electrons. The van der Waals surface area contributed by atoms with E-state index in [4.69, 9.17) is 0 Å². The maximum atomic E-state index is 4.49. The Morgan fingerprint density at radius 3 is 2.50 bits per heavy atom. The van der Waals surface area contributed by atoms with Gasteiger partial charge in [-0.1, -0.05) is 13.8 Å². The van der Waals surface area contributed by atoms with Crippen LogP contribution >= 0.6 is 43.6 Å². The molecule has 1 fully saturated rings. The van der Waals surface area contributed by atoms with Gasteiger partial charge in [0.15, 0.2) is 0 Å². The highest BCUT2D eigenvalue weighted by Crippen LogP contribution is 2.32. The fourth-order valence-corrected chi connectivity index (χ4v) is 4.55. The lowest BCUT2D eigenvalue weighted by Gasteiger charge is -2.35. The normalized spacial score (nSPS) is 25.9. The Bertz CT molecular complexity index is 376. The zero-order chi connectivity index (χ0) is 11.7. The summed E-state index contributed by atoms with van der Waals surface area (Å²) in [7, 11) is 0. The first-order chi connectivity index (χ1) is 7.56. The maximum absolute atomic E-state index is 4.49. The first kappa shape index (κ1) is 12.7. The second-order valence-corrected chi connectivity index (χ2v) is 7.77. The van der Waals surface area contributed by atoms with Crippen LogP contribution < -0.4 is 4.90 Å². The fourth-order valence-electron chi connectivity index (χ4n) is 1.99. The molecule has 0 N–H and O–H groups in total. The minimum Gasteiger partial charge on any atom is -0.353 e. The van der Waals surface area contributed by atoms with Crippen molar-refractivity contribution in [1.82, 2.24) is 4.98 Å². The maximum Gasteiger partial charge on any atom is 0.143 e. The van der Waals surface area contributed by atoms with Gasteiger partial charge in [-0.3, -0.25) is 0 Å². The number of hydrogen-bond acceptors (Lipinski definition) is 3. The van der Waals surface area contributed by atoms with Crippen LogP contribution in [-0.2, 0) is 0 Å². The highest BCUT2D eigenvalue weighted by atomic mass is 79.9. The van der Waals surface area contributed by atoms with Crippen LogP contribution in [0.3, 0.4) is 0 Å². The van der Waals surface area contributed by atoms with Gasteiger partial charge < -0.3 is 4.90 Å². The van der Waals surface area contributed by atoms with E-state index in [1.807, 2.05) is 6.20 Å². The second-order valence-electron chi connectivity index (χ2n) is 4.12. The van der Waals surface area contributed by atoms with Crippen molar-refractivity contribution < 1.29 is 0 Å². The third-order valence-electron chi connectivity index (χ3n) is 2.51. The Morgan fingerprint density at radius 1 is 1.31 bits per heavy atom. The molecule has 2 rings (SSSR count). The van der Waals surface area contributed by atoms with Crippen LogP contribution in [0.5, 0.6) is 0 Å². The Hall–Kier alpha value is 0.260. The number of nitrogens with zero attached hydrogens (tertiary/aromatic N) is 2. The molecule has 1 aromatic heterocycles. The molecule has 88 valence electrons. The number of pyridine rings is 1. The van der Waals surface area contributed by atoms with E-state index in [1.165, 1.54) is 0 Å². The summed E-state index contributed by atoms with van der Waals surface area (Å²) in [6, 6.07) is 2.05. The molecule has 0 spiro atoms. The van der Waals surface area contributed by atoms with Gasteiger partial charge in [0.05, 0.1) is 4.47 Å². The second kappa shape index (κ2) is 5.27. The van der Waals surface area contributed by atoms with E-state index in [1.54, 1.807) is 0 Å². The topological polar surface area (TPSA) is 16.1 Å². The summed E-state index contributed by atoms with van der Waals surface area (Å²) in [4.78, 5) is 6.86. The van der Waals surface area contributed by atoms with Crippen molar-refractivity contribution in [3.8, 4) is 0 Å². The molecule has 1 saturated heterocycles. The molecule has 1 aromatic rings. The molecule has 16 heavy (non-hydrogen) atoms. The predicted molar refractivity (Wildman–Crippen MR) is 78.4 cm³/mol. The van der Waals surface area contributed by atoms with Gasteiger partial charge in [0.1, 0.15) is 5.82 Å². The van der Waals surface area contributed by atoms with E-state index in [2.05, 4.69) is 73.4 Å².